The van der Waals surface area contributed by atoms with Gasteiger partial charge in [0.25, 0.3) is 0 Å². The molecule has 126 heavy (non-hydrogen) atoms. The zero-order valence-electron chi connectivity index (χ0n) is 81.2. The summed E-state index contributed by atoms with van der Waals surface area (Å²) >= 11 is 0. The zero-order valence-corrected chi connectivity index (χ0v) is 85.2. The van der Waals surface area contributed by atoms with Gasteiger partial charge in [-0.3, -0.25) is 33.6 Å². The topological polar surface area (TPSA) is 351 Å². The number of ketones is 3. The van der Waals surface area contributed by atoms with Crippen LogP contribution in [-0.2, 0) is 38.3 Å². The smallest absolute Gasteiger partial charge is 0.870 e. The third-order valence-corrected chi connectivity index (χ3v) is 42.5. The van der Waals surface area contributed by atoms with Gasteiger partial charge in [-0.25, -0.2) is 0 Å². The normalized spacial score (nSPS) is 46.9. The van der Waals surface area contributed by atoms with Gasteiger partial charge in [0.05, 0.1) is 37.6 Å². The van der Waals surface area contributed by atoms with Crippen LogP contribution in [0.2, 0.25) is 0 Å². The van der Waals surface area contributed by atoms with E-state index in [4.69, 9.17) is 20.1 Å². The number of aliphatic hydroxyl groups is 5. The van der Waals surface area contributed by atoms with Gasteiger partial charge in [-0.1, -0.05) is 123 Å². The van der Waals surface area contributed by atoms with E-state index in [1.54, 1.807) is 0 Å². The third-order valence-electron chi connectivity index (χ3n) is 42.5. The van der Waals surface area contributed by atoms with Crippen molar-refractivity contribution < 1.29 is 149 Å². The summed E-state index contributed by atoms with van der Waals surface area (Å²) in [6.45, 7) is 36.9. The molecule has 0 aromatic rings. The molecule has 0 amide bonds. The maximum atomic E-state index is 13.9. The van der Waals surface area contributed by atoms with Crippen LogP contribution in [0.5, 0.6) is 0 Å². The molecule has 0 heterocycles. The number of aliphatic carboxylic acids is 3. The number of hydrogen-bond acceptors (Lipinski definition) is 15. The molecule has 16 fully saturated rings. The fourth-order valence-electron chi connectivity index (χ4n) is 36.2. The number of rotatable bonds is 18. The molecule has 0 saturated heterocycles. The summed E-state index contributed by atoms with van der Waals surface area (Å²) in [6, 6.07) is 0. The van der Waals surface area contributed by atoms with E-state index in [0.717, 1.165) is 185 Å². The molecule has 16 aliphatic carbocycles. The largest absolute Gasteiger partial charge is 1.00 e. The number of fused-ring (bicyclic) bond motifs is 20. The summed E-state index contributed by atoms with van der Waals surface area (Å²) in [7, 11) is 1.47. The average Bonchev–Trinajstić information content (AvgIpc) is 1.04. The van der Waals surface area contributed by atoms with E-state index in [9.17, 15) is 59.1 Å². The number of carbonyl (C=O) groups excluding carboxylic acids is 4. The zero-order chi connectivity index (χ0) is 88.1. The van der Waals surface area contributed by atoms with E-state index in [1.807, 2.05) is 19.9 Å². The van der Waals surface area contributed by atoms with Gasteiger partial charge in [0.2, 0.25) is 0 Å². The maximum Gasteiger partial charge on any atom is 1.00 e. The molecular weight excluding hydrogens is 1610 g/mol. The molecule has 20 heteroatoms. The molecule has 0 spiro atoms. The fraction of sp³-hybridized carbons (Fsp3) is 0.896. The maximum absolute atomic E-state index is 13.9. The van der Waals surface area contributed by atoms with E-state index in [0.29, 0.717) is 142 Å². The first-order valence-electron chi connectivity index (χ1n) is 50.1. The van der Waals surface area contributed by atoms with Crippen molar-refractivity contribution in [2.45, 2.75) is 393 Å². The molecule has 16 rings (SSSR count). The molecule has 0 bridgehead atoms. The van der Waals surface area contributed by atoms with E-state index < -0.39 is 17.9 Å². The van der Waals surface area contributed by atoms with Crippen molar-refractivity contribution in [3.63, 3.8) is 0 Å². The molecule has 10 N–H and O–H groups in total. The van der Waals surface area contributed by atoms with Crippen LogP contribution >= 0.6 is 0 Å². The van der Waals surface area contributed by atoms with E-state index >= 15 is 0 Å². The SMILES string of the molecule is C.CC=C1C(=O)C2C(CC[C@]3(C)C([C@H](C)CCC(=O)O)CC[C@@H]23)[C@@]2(C)CC[C@@H](O)C[C@@H]12.CC=C1C(=O)C2C(CC[C@]3(C)C([C@H](C)CCC(=O)OC)CC[C@@H]23)[C@@]2(C)CC[C@@H](O)C[C@@H]12.CC[C@H]1C(=O)C2C(CC[C@]3(C)C([C@H](C)CCC(=O)O)CC[C@@H]23)[C@@]2(C)CC[C@@H](O)C[C@@H]12.CC[C@H]1[C@@H](O)C2C(CC[C@]3(C)C([C@H](C)CCC(=O)O)CC[C@@H]23)[C@@]2(C)CC[C@@H](O)C[C@@H]12.[Na+].[Na+].[OH-].[OH-]. The molecular formula is C106H174Na2O18. The van der Waals surface area contributed by atoms with Crippen molar-refractivity contribution in [1.82, 2.24) is 0 Å². The van der Waals surface area contributed by atoms with Crippen molar-refractivity contribution in [3.8, 4) is 0 Å². The summed E-state index contributed by atoms with van der Waals surface area (Å²) in [5.74, 6) is 9.20. The van der Waals surface area contributed by atoms with E-state index in [-0.39, 0.29) is 212 Å². The van der Waals surface area contributed by atoms with Crippen molar-refractivity contribution >= 4 is 41.2 Å². The second-order valence-electron chi connectivity index (χ2n) is 47.0. The van der Waals surface area contributed by atoms with E-state index in [2.05, 4.69) is 103 Å². The molecule has 18 nitrogen and oxygen atoms in total. The molecule has 39 atom stereocenters. The minimum absolute atomic E-state index is 0. The van der Waals surface area contributed by atoms with Gasteiger partial charge < -0.3 is 56.5 Å². The minimum atomic E-state index is -0.705. The summed E-state index contributed by atoms with van der Waals surface area (Å²) in [6.07, 6.45) is 38.6. The third kappa shape index (κ3) is 19.4. The number of carboxylic acid groups (broad SMARTS) is 3. The van der Waals surface area contributed by atoms with Gasteiger partial charge in [-0.2, -0.15) is 0 Å². The Labute approximate surface area is 804 Å². The molecule has 16 saturated carbocycles. The van der Waals surface area contributed by atoms with Gasteiger partial charge in [0.1, 0.15) is 5.78 Å². The van der Waals surface area contributed by atoms with Crippen LogP contribution in [0.3, 0.4) is 0 Å². The minimum Gasteiger partial charge on any atom is -0.870 e. The Balaban J connectivity index is 0.000000205. The number of methoxy groups -OCH3 is 1. The standard InChI is InChI=1S/C27H42O4.C26H44O4.C26H42O4.C26H40O4.CH4.2Na.2H2O/c1-6-18-22-15-17(28)11-13-27(22,4)21-12-14-26(3)19(16(2)7-10-23(29)31-5)8-9-20(26)24(21)25(18)30;3*1-5-17-21-14-16(27)10-12-26(21,4)20-11-13-25(3)18(15(2)6-9-22(28)29)7-8-19(25)23(20)24(17)30;;;;;/h6,16-17,19-22,24,28H,7-15H2,1-5H3;15-21,23-24,27,30H,5-14H2,1-4H3,(H,28,29);15-21,23,27H,5-14H2,1-4H3,(H,28,29);5,15-16,18-21,23,27H,6-14H2,1-4H3,(H,28,29);1H4;;;2*1H2/q;;;;;2*+1;;/p-2/t16-,17-,19?,20+,21?,22+,24?,26-,27-;15-,16-,17-,18?,19+,20?,21+,23?,24-,25-,26-;15-,16-,17-,18?,19+,20?,21+,23?,25-,26-;15-,16-,18?,19+,20?,21+,23?,25-,26-;;;;;/m1111...../s1. The number of Topliss-reactive ketones (excluding diaryl/α,β-unsaturated/α-hetero) is 3. The average molecular weight is 1780 g/mol. The number of carbonyl (C=O) groups is 7. The number of esters is 1. The molecule has 0 radical (unpaired) electrons. The predicted octanol–water partition coefficient (Wildman–Crippen LogP) is 15.3. The van der Waals surface area contributed by atoms with Crippen molar-refractivity contribution in [2.75, 3.05) is 7.11 Å². The first-order valence-corrected chi connectivity index (χ1v) is 50.1. The quantitative estimate of drug-likeness (QED) is 0.0359. The Morgan fingerprint density at radius 3 is 1.02 bits per heavy atom. The Morgan fingerprint density at radius 1 is 0.381 bits per heavy atom. The second kappa shape index (κ2) is 42.8. The second-order valence-corrected chi connectivity index (χ2v) is 47.0. The first-order chi connectivity index (χ1) is 57.1. The van der Waals surface area contributed by atoms with Crippen molar-refractivity contribution in [3.05, 3.63) is 23.3 Å². The number of allylic oxidation sites excluding steroid dienone is 4. The number of carboxylic acids is 3. The van der Waals surface area contributed by atoms with Gasteiger partial charge >= 0.3 is 83.0 Å². The Hall–Kier alpha value is -1.91. The Bertz CT molecular complexity index is 3810. The number of aliphatic hydroxyl groups excluding tert-OH is 5. The molecule has 16 aliphatic rings. The van der Waals surface area contributed by atoms with Gasteiger partial charge in [0, 0.05) is 49.4 Å². The molecule has 12 unspecified atom stereocenters. The summed E-state index contributed by atoms with van der Waals surface area (Å²) in [4.78, 5) is 86.7. The summed E-state index contributed by atoms with van der Waals surface area (Å²) < 4.78 is 4.87. The van der Waals surface area contributed by atoms with Crippen LogP contribution in [0.1, 0.15) is 362 Å². The number of ether oxygens (including phenoxy) is 1. The first kappa shape index (κ1) is 109. The predicted molar refractivity (Wildman–Crippen MR) is 483 cm³/mol. The van der Waals surface area contributed by atoms with Crippen LogP contribution in [0.4, 0.5) is 0 Å². The van der Waals surface area contributed by atoms with Crippen LogP contribution in [0, 0.1) is 197 Å². The van der Waals surface area contributed by atoms with Crippen LogP contribution in [-0.4, -0.2) is 131 Å². The van der Waals surface area contributed by atoms with Crippen LogP contribution in [0.25, 0.3) is 0 Å². The van der Waals surface area contributed by atoms with Gasteiger partial charge in [-0.15, -0.1) is 0 Å². The van der Waals surface area contributed by atoms with E-state index in [1.165, 1.54) is 52.1 Å². The van der Waals surface area contributed by atoms with Gasteiger partial charge in [0.15, 0.2) is 11.6 Å². The molecule has 0 aromatic carbocycles. The van der Waals surface area contributed by atoms with Crippen molar-refractivity contribution in [1.29, 1.82) is 0 Å². The van der Waals surface area contributed by atoms with Crippen LogP contribution < -0.4 is 59.1 Å². The molecule has 0 aromatic heterocycles. The van der Waals surface area contributed by atoms with Crippen LogP contribution in [0.15, 0.2) is 23.3 Å². The van der Waals surface area contributed by atoms with Crippen molar-refractivity contribution in [2.24, 2.45) is 197 Å². The van der Waals surface area contributed by atoms with Gasteiger partial charge in [-0.05, 0) is 410 Å². The monoisotopic (exact) mass is 1780 g/mol. The fourth-order valence-corrected chi connectivity index (χ4v) is 36.2. The Kier molecular flexibility index (Phi) is 37.1. The summed E-state index contributed by atoms with van der Waals surface area (Å²) in [5.41, 5.74) is 3.42. The Morgan fingerprint density at radius 2 is 0.667 bits per heavy atom. The number of hydrogen-bond donors (Lipinski definition) is 8. The molecule has 0 aliphatic heterocycles. The summed E-state index contributed by atoms with van der Waals surface area (Å²) in [5, 5.41) is 80.7. The molecule has 708 valence electrons.